The summed E-state index contributed by atoms with van der Waals surface area (Å²) in [5.41, 5.74) is 0.249. The maximum Gasteiger partial charge on any atom is 0.0703 e. The molecule has 0 aromatic heterocycles. The molecular formula is C11H19NO. The third kappa shape index (κ3) is 0.962. The standard InChI is InChI=1S/C11H19NO/c1-3-12-6-8-9(7-12)11(2)5-4-10(8)13-11/h8-10H,3-7H2,1-2H3/t8-,9-,10+,11+/m1/s1. The van der Waals surface area contributed by atoms with Crippen LogP contribution < -0.4 is 0 Å². The van der Waals surface area contributed by atoms with Crippen molar-refractivity contribution in [1.29, 1.82) is 0 Å². The van der Waals surface area contributed by atoms with Crippen molar-refractivity contribution in [1.82, 2.24) is 4.90 Å². The quantitative estimate of drug-likeness (QED) is 0.608. The Bertz CT molecular complexity index is 230. The molecule has 13 heavy (non-hydrogen) atoms. The zero-order chi connectivity index (χ0) is 9.05. The van der Waals surface area contributed by atoms with Crippen molar-refractivity contribution in [3.05, 3.63) is 0 Å². The SMILES string of the molecule is CCN1C[C@H]2[C@@H]3CC[C@](C)(O3)[C@@H]2C1. The fraction of sp³-hybridized carbons (Fsp3) is 1.00. The van der Waals surface area contributed by atoms with Gasteiger partial charge in [0.15, 0.2) is 0 Å². The first-order valence-corrected chi connectivity index (χ1v) is 5.63. The normalized spacial score (nSPS) is 54.5. The van der Waals surface area contributed by atoms with E-state index < -0.39 is 0 Å². The molecule has 3 rings (SSSR count). The van der Waals surface area contributed by atoms with Crippen molar-refractivity contribution >= 4 is 0 Å². The van der Waals surface area contributed by atoms with Crippen molar-refractivity contribution in [2.24, 2.45) is 11.8 Å². The Morgan fingerprint density at radius 3 is 3.00 bits per heavy atom. The van der Waals surface area contributed by atoms with Crippen LogP contribution in [0.5, 0.6) is 0 Å². The van der Waals surface area contributed by atoms with Gasteiger partial charge in [-0.1, -0.05) is 6.92 Å². The first kappa shape index (κ1) is 8.25. The summed E-state index contributed by atoms with van der Waals surface area (Å²) in [5, 5.41) is 0. The van der Waals surface area contributed by atoms with E-state index in [0.29, 0.717) is 6.10 Å². The molecule has 74 valence electrons. The molecule has 0 amide bonds. The maximum absolute atomic E-state index is 6.09. The van der Waals surface area contributed by atoms with Gasteiger partial charge in [0.2, 0.25) is 0 Å². The summed E-state index contributed by atoms with van der Waals surface area (Å²) in [4.78, 5) is 2.59. The topological polar surface area (TPSA) is 12.5 Å². The summed E-state index contributed by atoms with van der Waals surface area (Å²) in [6.07, 6.45) is 3.22. The third-order valence-corrected chi connectivity index (χ3v) is 4.50. The second-order valence-electron chi connectivity index (χ2n) is 5.13. The summed E-state index contributed by atoms with van der Waals surface area (Å²) in [6, 6.07) is 0. The minimum Gasteiger partial charge on any atom is -0.371 e. The molecule has 0 N–H and O–H groups in total. The lowest BCUT2D eigenvalue weighted by atomic mass is 9.75. The monoisotopic (exact) mass is 181 g/mol. The van der Waals surface area contributed by atoms with E-state index in [1.165, 1.54) is 32.5 Å². The average Bonchev–Trinajstić information content (AvgIpc) is 2.71. The molecule has 3 fully saturated rings. The number of likely N-dealkylation sites (tertiary alicyclic amines) is 1. The highest BCUT2D eigenvalue weighted by atomic mass is 16.5. The zero-order valence-electron chi connectivity index (χ0n) is 8.62. The van der Waals surface area contributed by atoms with Gasteiger partial charge in [0, 0.05) is 24.9 Å². The Morgan fingerprint density at radius 2 is 2.31 bits per heavy atom. The van der Waals surface area contributed by atoms with Crippen molar-refractivity contribution in [3.63, 3.8) is 0 Å². The molecule has 0 radical (unpaired) electrons. The van der Waals surface area contributed by atoms with Crippen LogP contribution >= 0.6 is 0 Å². The van der Waals surface area contributed by atoms with Crippen molar-refractivity contribution in [2.45, 2.75) is 38.4 Å². The Balaban J connectivity index is 1.85. The summed E-state index contributed by atoms with van der Waals surface area (Å²) < 4.78 is 6.09. The Hall–Kier alpha value is -0.0800. The van der Waals surface area contributed by atoms with Gasteiger partial charge in [0.25, 0.3) is 0 Å². The molecule has 3 aliphatic rings. The smallest absolute Gasteiger partial charge is 0.0703 e. The molecule has 2 nitrogen and oxygen atoms in total. The lowest BCUT2D eigenvalue weighted by Gasteiger charge is -2.28. The van der Waals surface area contributed by atoms with Gasteiger partial charge in [0.05, 0.1) is 11.7 Å². The molecule has 2 bridgehead atoms. The molecule has 4 atom stereocenters. The van der Waals surface area contributed by atoms with E-state index in [1.807, 2.05) is 0 Å². The molecule has 0 unspecified atom stereocenters. The van der Waals surface area contributed by atoms with Gasteiger partial charge >= 0.3 is 0 Å². The molecule has 3 saturated heterocycles. The van der Waals surface area contributed by atoms with Gasteiger partial charge < -0.3 is 9.64 Å². The van der Waals surface area contributed by atoms with Crippen LogP contribution in [0.15, 0.2) is 0 Å². The highest BCUT2D eigenvalue weighted by Gasteiger charge is 2.59. The van der Waals surface area contributed by atoms with E-state index in [1.54, 1.807) is 0 Å². The predicted octanol–water partition coefficient (Wildman–Crippen LogP) is 1.51. The van der Waals surface area contributed by atoms with Crippen LogP contribution in [-0.2, 0) is 4.74 Å². The number of hydrogen-bond acceptors (Lipinski definition) is 2. The summed E-state index contributed by atoms with van der Waals surface area (Å²) >= 11 is 0. The molecular weight excluding hydrogens is 162 g/mol. The van der Waals surface area contributed by atoms with Crippen LogP contribution in [0.3, 0.4) is 0 Å². The molecule has 0 saturated carbocycles. The second-order valence-corrected chi connectivity index (χ2v) is 5.13. The van der Waals surface area contributed by atoms with Crippen LogP contribution in [0, 0.1) is 11.8 Å². The van der Waals surface area contributed by atoms with Gasteiger partial charge in [-0.2, -0.15) is 0 Å². The highest BCUT2D eigenvalue weighted by molar-refractivity contribution is 5.08. The highest BCUT2D eigenvalue weighted by Crippen LogP contribution is 2.53. The summed E-state index contributed by atoms with van der Waals surface area (Å²) in [5.74, 6) is 1.70. The van der Waals surface area contributed by atoms with E-state index >= 15 is 0 Å². The number of ether oxygens (including phenoxy) is 1. The van der Waals surface area contributed by atoms with E-state index in [2.05, 4.69) is 18.7 Å². The second kappa shape index (κ2) is 2.48. The number of rotatable bonds is 1. The Kier molecular flexibility index (Phi) is 1.58. The minimum atomic E-state index is 0.249. The minimum absolute atomic E-state index is 0.249. The summed E-state index contributed by atoms with van der Waals surface area (Å²) in [7, 11) is 0. The first-order valence-electron chi connectivity index (χ1n) is 5.63. The Labute approximate surface area is 80.2 Å². The predicted molar refractivity (Wildman–Crippen MR) is 51.6 cm³/mol. The number of nitrogens with zero attached hydrogens (tertiary/aromatic N) is 1. The van der Waals surface area contributed by atoms with Crippen LogP contribution in [0.25, 0.3) is 0 Å². The summed E-state index contributed by atoms with van der Waals surface area (Å²) in [6.45, 7) is 8.40. The molecule has 0 aromatic rings. The molecule has 0 aromatic carbocycles. The molecule has 2 heteroatoms. The molecule has 0 aliphatic carbocycles. The lowest BCUT2D eigenvalue weighted by Crippen LogP contribution is -2.35. The van der Waals surface area contributed by atoms with Gasteiger partial charge in [-0.25, -0.2) is 0 Å². The Morgan fingerprint density at radius 1 is 1.46 bits per heavy atom. The van der Waals surface area contributed by atoms with Crippen LogP contribution in [-0.4, -0.2) is 36.2 Å². The van der Waals surface area contributed by atoms with Gasteiger partial charge in [-0.15, -0.1) is 0 Å². The maximum atomic E-state index is 6.09. The molecule has 3 heterocycles. The van der Waals surface area contributed by atoms with E-state index in [0.717, 1.165) is 11.8 Å². The van der Waals surface area contributed by atoms with Crippen LogP contribution in [0.4, 0.5) is 0 Å². The van der Waals surface area contributed by atoms with Crippen molar-refractivity contribution in [2.75, 3.05) is 19.6 Å². The van der Waals surface area contributed by atoms with E-state index in [9.17, 15) is 0 Å². The van der Waals surface area contributed by atoms with Crippen LogP contribution in [0.2, 0.25) is 0 Å². The number of hydrogen-bond donors (Lipinski definition) is 0. The first-order chi connectivity index (χ1) is 6.23. The van der Waals surface area contributed by atoms with Gasteiger partial charge in [-0.3, -0.25) is 0 Å². The van der Waals surface area contributed by atoms with Gasteiger partial charge in [0.1, 0.15) is 0 Å². The van der Waals surface area contributed by atoms with E-state index in [-0.39, 0.29) is 5.60 Å². The van der Waals surface area contributed by atoms with Crippen molar-refractivity contribution < 1.29 is 4.74 Å². The van der Waals surface area contributed by atoms with Crippen LogP contribution in [0.1, 0.15) is 26.7 Å². The zero-order valence-corrected chi connectivity index (χ0v) is 8.62. The van der Waals surface area contributed by atoms with Crippen molar-refractivity contribution in [3.8, 4) is 0 Å². The third-order valence-electron chi connectivity index (χ3n) is 4.50. The number of fused-ring (bicyclic) bond motifs is 5. The fourth-order valence-electron chi connectivity index (χ4n) is 3.66. The largest absolute Gasteiger partial charge is 0.371 e. The lowest BCUT2D eigenvalue weighted by molar-refractivity contribution is -0.00271. The van der Waals surface area contributed by atoms with E-state index in [4.69, 9.17) is 4.74 Å². The molecule has 3 aliphatic heterocycles. The molecule has 0 spiro atoms. The van der Waals surface area contributed by atoms with Gasteiger partial charge in [-0.05, 0) is 26.3 Å². The fourth-order valence-corrected chi connectivity index (χ4v) is 3.66. The average molecular weight is 181 g/mol.